The van der Waals surface area contributed by atoms with Crippen LogP contribution < -0.4 is 11.1 Å². The van der Waals surface area contributed by atoms with Crippen molar-refractivity contribution >= 4 is 45.6 Å². The zero-order valence-corrected chi connectivity index (χ0v) is 16.4. The first-order valence-corrected chi connectivity index (χ1v) is 9.35. The number of fused-ring (bicyclic) bond motifs is 1. The minimum absolute atomic E-state index is 0.0157. The molecule has 0 aliphatic rings. The van der Waals surface area contributed by atoms with Gasteiger partial charge in [0.2, 0.25) is 11.8 Å². The van der Waals surface area contributed by atoms with E-state index in [-0.39, 0.29) is 45.8 Å². The number of nitrogen functional groups attached to an aromatic ring is 1. The molecule has 0 saturated carbocycles. The van der Waals surface area contributed by atoms with Gasteiger partial charge in [0.1, 0.15) is 22.9 Å². The Morgan fingerprint density at radius 2 is 2.03 bits per heavy atom. The molecule has 3 aromatic heterocycles. The number of nitrogens with two attached hydrogens (primary N) is 1. The van der Waals surface area contributed by atoms with Crippen LogP contribution in [0.1, 0.15) is 23.8 Å². The van der Waals surface area contributed by atoms with Gasteiger partial charge in [-0.3, -0.25) is 9.78 Å². The number of pyridine rings is 2. The van der Waals surface area contributed by atoms with Gasteiger partial charge in [-0.25, -0.2) is 9.37 Å². The molecule has 9 heteroatoms. The summed E-state index contributed by atoms with van der Waals surface area (Å²) in [6, 6.07) is 8.33. The molecule has 6 nitrogen and oxygen atoms in total. The lowest BCUT2D eigenvalue weighted by atomic mass is 10.1. The molecular formula is C21H15ClF2N4O2. The molecule has 0 amide bonds. The van der Waals surface area contributed by atoms with Crippen LogP contribution in [0.15, 0.2) is 47.0 Å². The summed E-state index contributed by atoms with van der Waals surface area (Å²) in [5.41, 5.74) is 7.84. The number of nitrogens with one attached hydrogen (secondary N) is 1. The molecule has 0 atom stereocenters. The van der Waals surface area contributed by atoms with Crippen LogP contribution in [0.25, 0.3) is 22.2 Å². The van der Waals surface area contributed by atoms with E-state index >= 15 is 0 Å². The Kier molecular flexibility index (Phi) is 5.09. The van der Waals surface area contributed by atoms with Gasteiger partial charge in [0.25, 0.3) is 0 Å². The molecule has 0 radical (unpaired) electrons. The molecule has 1 aromatic carbocycles. The van der Waals surface area contributed by atoms with Gasteiger partial charge in [-0.1, -0.05) is 18.5 Å². The second kappa shape index (κ2) is 7.72. The van der Waals surface area contributed by atoms with Crippen LogP contribution >= 0.6 is 11.6 Å². The number of anilines is 3. The number of carbonyl (C=O) groups is 1. The predicted molar refractivity (Wildman–Crippen MR) is 111 cm³/mol. The van der Waals surface area contributed by atoms with Crippen LogP contribution in [0, 0.1) is 11.8 Å². The maximum absolute atomic E-state index is 14.4. The van der Waals surface area contributed by atoms with Gasteiger partial charge in [-0.05, 0) is 30.3 Å². The molecule has 4 rings (SSSR count). The van der Waals surface area contributed by atoms with Gasteiger partial charge >= 0.3 is 0 Å². The van der Waals surface area contributed by atoms with E-state index in [1.807, 2.05) is 0 Å². The minimum atomic E-state index is -0.765. The Hall–Kier alpha value is -3.52. The van der Waals surface area contributed by atoms with E-state index in [4.69, 9.17) is 21.8 Å². The Labute approximate surface area is 174 Å². The van der Waals surface area contributed by atoms with Crippen LogP contribution in [0.3, 0.4) is 0 Å². The van der Waals surface area contributed by atoms with Crippen molar-refractivity contribution in [3.63, 3.8) is 0 Å². The van der Waals surface area contributed by atoms with Gasteiger partial charge in [0, 0.05) is 29.9 Å². The largest absolute Gasteiger partial charge is 0.436 e. The first-order valence-electron chi connectivity index (χ1n) is 8.97. The number of aromatic nitrogens is 2. The van der Waals surface area contributed by atoms with Gasteiger partial charge < -0.3 is 15.5 Å². The normalized spacial score (nSPS) is 11.1. The number of hydrogen-bond acceptors (Lipinski definition) is 6. The number of ketones is 1. The van der Waals surface area contributed by atoms with Crippen molar-refractivity contribution in [1.29, 1.82) is 0 Å². The Balaban J connectivity index is 1.85. The third-order valence-electron chi connectivity index (χ3n) is 4.50. The molecule has 0 fully saturated rings. The molecule has 3 heterocycles. The number of hydrogen-bond donors (Lipinski definition) is 2. The second-order valence-electron chi connectivity index (χ2n) is 6.47. The molecule has 3 N–H and O–H groups in total. The average Bonchev–Trinajstić information content (AvgIpc) is 3.04. The van der Waals surface area contributed by atoms with E-state index in [1.54, 1.807) is 13.0 Å². The van der Waals surface area contributed by atoms with E-state index in [0.29, 0.717) is 16.6 Å². The van der Waals surface area contributed by atoms with E-state index in [2.05, 4.69) is 15.3 Å². The van der Waals surface area contributed by atoms with Crippen LogP contribution in [0.2, 0.25) is 5.02 Å². The summed E-state index contributed by atoms with van der Waals surface area (Å²) in [7, 11) is 0. The van der Waals surface area contributed by atoms with Gasteiger partial charge in [-0.15, -0.1) is 0 Å². The van der Waals surface area contributed by atoms with Crippen molar-refractivity contribution < 1.29 is 18.0 Å². The van der Waals surface area contributed by atoms with Crippen molar-refractivity contribution in [2.75, 3.05) is 11.1 Å². The summed E-state index contributed by atoms with van der Waals surface area (Å²) < 4.78 is 33.5. The van der Waals surface area contributed by atoms with Crippen molar-refractivity contribution in [2.45, 2.75) is 13.3 Å². The molecule has 152 valence electrons. The first-order chi connectivity index (χ1) is 14.4. The highest BCUT2D eigenvalue weighted by Gasteiger charge is 2.20. The van der Waals surface area contributed by atoms with E-state index in [9.17, 15) is 13.6 Å². The molecule has 0 spiro atoms. The van der Waals surface area contributed by atoms with E-state index in [1.165, 1.54) is 36.5 Å². The van der Waals surface area contributed by atoms with E-state index < -0.39 is 11.8 Å². The highest BCUT2D eigenvalue weighted by atomic mass is 35.5. The number of nitrogens with zero attached hydrogens (tertiary/aromatic N) is 2. The lowest BCUT2D eigenvalue weighted by molar-refractivity contribution is 0.0983. The van der Waals surface area contributed by atoms with Gasteiger partial charge in [0.15, 0.2) is 11.4 Å². The number of Topliss-reactive ketones (excluding diaryl/α,β-unsaturated/α-hetero) is 1. The Bertz CT molecular complexity index is 1290. The van der Waals surface area contributed by atoms with Crippen LogP contribution in [0.4, 0.5) is 26.0 Å². The lowest BCUT2D eigenvalue weighted by Crippen LogP contribution is -2.00. The smallest absolute Gasteiger partial charge is 0.215 e. The van der Waals surface area contributed by atoms with Gasteiger partial charge in [0.05, 0.1) is 10.4 Å². The van der Waals surface area contributed by atoms with Crippen LogP contribution in [-0.4, -0.2) is 15.8 Å². The summed E-state index contributed by atoms with van der Waals surface area (Å²) in [5, 5.41) is 3.23. The molecule has 4 aromatic rings. The molecule has 30 heavy (non-hydrogen) atoms. The fourth-order valence-electron chi connectivity index (χ4n) is 3.04. The highest BCUT2D eigenvalue weighted by molar-refractivity contribution is 6.31. The average molecular weight is 429 g/mol. The monoisotopic (exact) mass is 428 g/mol. The molecule has 0 saturated heterocycles. The molecule has 0 bridgehead atoms. The van der Waals surface area contributed by atoms with Gasteiger partial charge in [-0.2, -0.15) is 4.39 Å². The summed E-state index contributed by atoms with van der Waals surface area (Å²) in [4.78, 5) is 20.0. The maximum Gasteiger partial charge on any atom is 0.215 e. The topological polar surface area (TPSA) is 94.0 Å². The van der Waals surface area contributed by atoms with Crippen molar-refractivity contribution in [1.82, 2.24) is 9.97 Å². The minimum Gasteiger partial charge on any atom is -0.436 e. The lowest BCUT2D eigenvalue weighted by Gasteiger charge is -2.07. The van der Waals surface area contributed by atoms with Crippen molar-refractivity contribution in [3.05, 3.63) is 65.1 Å². The maximum atomic E-state index is 14.4. The number of halogens is 3. The third kappa shape index (κ3) is 3.57. The Morgan fingerprint density at radius 1 is 1.23 bits per heavy atom. The van der Waals surface area contributed by atoms with Crippen LogP contribution in [0.5, 0.6) is 0 Å². The fraction of sp³-hybridized carbons (Fsp3) is 0.0952. The predicted octanol–water partition coefficient (Wildman–Crippen LogP) is 5.74. The summed E-state index contributed by atoms with van der Waals surface area (Å²) in [6.07, 6.45) is 1.73. The van der Waals surface area contributed by atoms with Crippen LogP contribution in [-0.2, 0) is 0 Å². The SMILES string of the molecule is CCC(=O)c1cc(-c2nc(F)cc3c(Nc4ccc(F)c(Cl)c4)c(N)oc23)ccn1. The molecular weight excluding hydrogens is 414 g/mol. The number of carbonyl (C=O) groups excluding carboxylic acids is 1. The van der Waals surface area contributed by atoms with E-state index in [0.717, 1.165) is 0 Å². The highest BCUT2D eigenvalue weighted by Crippen LogP contribution is 2.40. The molecule has 0 unspecified atom stereocenters. The zero-order chi connectivity index (χ0) is 21.4. The summed E-state index contributed by atoms with van der Waals surface area (Å²) in [6.45, 7) is 1.72. The standard InChI is InChI=1S/C21H15ClF2N4O2/c1-2-16(29)15-7-10(5-6-26-15)18-20-12(9-17(24)28-18)19(21(25)30-20)27-11-3-4-14(23)13(22)8-11/h3-9,27H,2,25H2,1H3. The van der Waals surface area contributed by atoms with Crippen molar-refractivity contribution in [2.24, 2.45) is 0 Å². The first kappa shape index (κ1) is 19.8. The zero-order valence-electron chi connectivity index (χ0n) is 15.7. The quantitative estimate of drug-likeness (QED) is 0.311. The summed E-state index contributed by atoms with van der Waals surface area (Å²) >= 11 is 5.82. The molecule has 0 aliphatic heterocycles. The summed E-state index contributed by atoms with van der Waals surface area (Å²) in [5.74, 6) is -1.50. The third-order valence-corrected chi connectivity index (χ3v) is 4.79. The molecule has 0 aliphatic carbocycles. The number of rotatable bonds is 5. The number of furan rings is 1. The fourth-order valence-corrected chi connectivity index (χ4v) is 3.22. The van der Waals surface area contributed by atoms with Crippen molar-refractivity contribution in [3.8, 4) is 11.3 Å². The second-order valence-corrected chi connectivity index (χ2v) is 6.88. The number of benzene rings is 1. The Morgan fingerprint density at radius 3 is 2.77 bits per heavy atom.